The Morgan fingerprint density at radius 1 is 1.00 bits per heavy atom. The molecule has 0 saturated carbocycles. The lowest BCUT2D eigenvalue weighted by Crippen LogP contribution is -1.93. The molecule has 0 amide bonds. The van der Waals surface area contributed by atoms with E-state index >= 15 is 0 Å². The zero-order valence-corrected chi connectivity index (χ0v) is 9.98. The molecule has 2 heterocycles. The maximum Gasteiger partial charge on any atom is 0.212 e. The topological polar surface area (TPSA) is 17.1 Å². The van der Waals surface area contributed by atoms with E-state index in [1.54, 1.807) is 11.3 Å². The number of carbonyl (C=O) groups excluding carboxylic acids is 1. The van der Waals surface area contributed by atoms with Crippen LogP contribution < -0.4 is 0 Å². The lowest BCUT2D eigenvalue weighted by Gasteiger charge is -1.90. The van der Waals surface area contributed by atoms with Crippen molar-refractivity contribution in [3.63, 3.8) is 0 Å². The van der Waals surface area contributed by atoms with E-state index < -0.39 is 0 Å². The molecule has 0 bridgehead atoms. The van der Waals surface area contributed by atoms with Gasteiger partial charge in [0, 0.05) is 4.70 Å². The van der Waals surface area contributed by atoms with Gasteiger partial charge in [-0.15, -0.1) is 22.7 Å². The number of carbonyl (C=O) groups is 1. The summed E-state index contributed by atoms with van der Waals surface area (Å²) in [6, 6.07) is 13.8. The second-order valence-corrected chi connectivity index (χ2v) is 5.49. The summed E-state index contributed by atoms with van der Waals surface area (Å²) in [5.41, 5.74) is 0. The van der Waals surface area contributed by atoms with E-state index in [1.807, 2.05) is 47.8 Å². The fraction of sp³-hybridized carbons (Fsp3) is 0. The monoisotopic (exact) mass is 244 g/mol. The van der Waals surface area contributed by atoms with Gasteiger partial charge in [0.05, 0.1) is 9.75 Å². The van der Waals surface area contributed by atoms with E-state index in [9.17, 15) is 4.79 Å². The number of thiophene rings is 2. The van der Waals surface area contributed by atoms with E-state index in [2.05, 4.69) is 0 Å². The van der Waals surface area contributed by atoms with Gasteiger partial charge in [0.1, 0.15) is 0 Å². The van der Waals surface area contributed by atoms with Crippen LogP contribution in [0.15, 0.2) is 47.8 Å². The van der Waals surface area contributed by atoms with Crippen molar-refractivity contribution in [2.45, 2.75) is 0 Å². The van der Waals surface area contributed by atoms with Gasteiger partial charge in [-0.25, -0.2) is 0 Å². The minimum atomic E-state index is 0.135. The highest BCUT2D eigenvalue weighted by Gasteiger charge is 2.12. The molecule has 0 aliphatic rings. The van der Waals surface area contributed by atoms with Gasteiger partial charge >= 0.3 is 0 Å². The molecule has 1 aromatic carbocycles. The van der Waals surface area contributed by atoms with Crippen LogP contribution in [0.3, 0.4) is 0 Å². The summed E-state index contributed by atoms with van der Waals surface area (Å²) in [5.74, 6) is 0.135. The van der Waals surface area contributed by atoms with Crippen molar-refractivity contribution >= 4 is 38.5 Å². The fourth-order valence-corrected chi connectivity index (χ4v) is 3.38. The van der Waals surface area contributed by atoms with Crippen LogP contribution in [0.2, 0.25) is 0 Å². The Balaban J connectivity index is 2.10. The van der Waals surface area contributed by atoms with E-state index in [0.29, 0.717) is 0 Å². The second kappa shape index (κ2) is 3.85. The molecule has 3 aromatic rings. The lowest BCUT2D eigenvalue weighted by molar-refractivity contribution is 0.104. The van der Waals surface area contributed by atoms with Crippen LogP contribution >= 0.6 is 22.7 Å². The predicted molar refractivity (Wildman–Crippen MR) is 69.6 cm³/mol. The van der Waals surface area contributed by atoms with Gasteiger partial charge in [-0.2, -0.15) is 0 Å². The zero-order chi connectivity index (χ0) is 11.0. The highest BCUT2D eigenvalue weighted by Crippen LogP contribution is 2.28. The first-order chi connectivity index (χ1) is 7.84. The summed E-state index contributed by atoms with van der Waals surface area (Å²) < 4.78 is 1.17. The van der Waals surface area contributed by atoms with Crippen molar-refractivity contribution in [2.24, 2.45) is 0 Å². The molecule has 0 spiro atoms. The summed E-state index contributed by atoms with van der Waals surface area (Å²) in [6.07, 6.45) is 0. The SMILES string of the molecule is O=C(c1cccs1)c1cc2ccccc2s1. The first kappa shape index (κ1) is 9.75. The molecule has 3 heteroatoms. The van der Waals surface area contributed by atoms with Crippen LogP contribution in [0.25, 0.3) is 10.1 Å². The van der Waals surface area contributed by atoms with Gasteiger partial charge in [-0.1, -0.05) is 24.3 Å². The molecule has 0 N–H and O–H groups in total. The number of rotatable bonds is 2. The first-order valence-corrected chi connectivity index (χ1v) is 6.61. The molecule has 0 atom stereocenters. The Morgan fingerprint density at radius 2 is 1.88 bits per heavy atom. The average Bonchev–Trinajstić information content (AvgIpc) is 2.97. The molecule has 78 valence electrons. The number of hydrogen-bond acceptors (Lipinski definition) is 3. The van der Waals surface area contributed by atoms with E-state index in [-0.39, 0.29) is 5.78 Å². The van der Waals surface area contributed by atoms with Crippen molar-refractivity contribution in [1.82, 2.24) is 0 Å². The van der Waals surface area contributed by atoms with Crippen LogP contribution in [0.4, 0.5) is 0 Å². The van der Waals surface area contributed by atoms with Gasteiger partial charge in [0.2, 0.25) is 5.78 Å². The molecule has 0 radical (unpaired) electrons. The van der Waals surface area contributed by atoms with E-state index in [1.165, 1.54) is 16.0 Å². The summed E-state index contributed by atoms with van der Waals surface area (Å²) in [6.45, 7) is 0. The molecule has 0 fully saturated rings. The standard InChI is InChI=1S/C13H8OS2/c14-13(11-6-3-7-15-11)12-8-9-4-1-2-5-10(9)16-12/h1-8H. The number of hydrogen-bond donors (Lipinski definition) is 0. The van der Waals surface area contributed by atoms with Crippen molar-refractivity contribution in [1.29, 1.82) is 0 Å². The molecule has 2 aromatic heterocycles. The van der Waals surface area contributed by atoms with Gasteiger partial charge < -0.3 is 0 Å². The quantitative estimate of drug-likeness (QED) is 0.618. The summed E-state index contributed by atoms with van der Waals surface area (Å²) >= 11 is 3.05. The maximum absolute atomic E-state index is 12.1. The van der Waals surface area contributed by atoms with Crippen molar-refractivity contribution in [3.05, 3.63) is 57.6 Å². The van der Waals surface area contributed by atoms with Crippen LogP contribution in [0.5, 0.6) is 0 Å². The number of ketones is 1. The normalized spacial score (nSPS) is 10.8. The van der Waals surface area contributed by atoms with Crippen LogP contribution in [-0.4, -0.2) is 5.78 Å². The van der Waals surface area contributed by atoms with Crippen molar-refractivity contribution < 1.29 is 4.79 Å². The van der Waals surface area contributed by atoms with E-state index in [4.69, 9.17) is 0 Å². The molecule has 0 aliphatic carbocycles. The largest absolute Gasteiger partial charge is 0.287 e. The Hall–Kier alpha value is -1.45. The zero-order valence-electron chi connectivity index (χ0n) is 8.34. The molecule has 16 heavy (non-hydrogen) atoms. The Kier molecular flexibility index (Phi) is 2.35. The Bertz CT molecular complexity index is 602. The molecular formula is C13H8OS2. The van der Waals surface area contributed by atoms with Crippen LogP contribution in [0.1, 0.15) is 14.5 Å². The third kappa shape index (κ3) is 1.58. The second-order valence-electron chi connectivity index (χ2n) is 3.45. The average molecular weight is 244 g/mol. The highest BCUT2D eigenvalue weighted by atomic mass is 32.1. The first-order valence-electron chi connectivity index (χ1n) is 4.91. The van der Waals surface area contributed by atoms with E-state index in [0.717, 1.165) is 15.1 Å². The predicted octanol–water partition coefficient (Wildman–Crippen LogP) is 4.19. The maximum atomic E-state index is 12.1. The molecule has 0 aliphatic heterocycles. The molecule has 3 rings (SSSR count). The summed E-state index contributed by atoms with van der Waals surface area (Å²) in [4.78, 5) is 13.7. The molecule has 0 saturated heterocycles. The highest BCUT2D eigenvalue weighted by molar-refractivity contribution is 7.22. The summed E-state index contributed by atoms with van der Waals surface area (Å²) in [7, 11) is 0. The Labute approximate surface area is 101 Å². The Morgan fingerprint density at radius 3 is 2.62 bits per heavy atom. The van der Waals surface area contributed by atoms with Gasteiger partial charge in [-0.05, 0) is 29.0 Å². The number of fused-ring (bicyclic) bond motifs is 1. The van der Waals surface area contributed by atoms with Crippen LogP contribution in [0, 0.1) is 0 Å². The van der Waals surface area contributed by atoms with Crippen molar-refractivity contribution in [3.8, 4) is 0 Å². The van der Waals surface area contributed by atoms with Crippen molar-refractivity contribution in [2.75, 3.05) is 0 Å². The minimum absolute atomic E-state index is 0.135. The molecule has 1 nitrogen and oxygen atoms in total. The van der Waals surface area contributed by atoms with Crippen LogP contribution in [-0.2, 0) is 0 Å². The molecular weight excluding hydrogens is 236 g/mol. The fourth-order valence-electron chi connectivity index (χ4n) is 1.62. The lowest BCUT2D eigenvalue weighted by atomic mass is 10.2. The van der Waals surface area contributed by atoms with Gasteiger partial charge in [-0.3, -0.25) is 4.79 Å². The minimum Gasteiger partial charge on any atom is -0.287 e. The third-order valence-electron chi connectivity index (χ3n) is 2.39. The summed E-state index contributed by atoms with van der Waals surface area (Å²) in [5, 5.41) is 3.08. The third-order valence-corrected chi connectivity index (χ3v) is 4.38. The van der Waals surface area contributed by atoms with Gasteiger partial charge in [0.25, 0.3) is 0 Å². The smallest absolute Gasteiger partial charge is 0.212 e. The number of benzene rings is 1. The molecule has 0 unspecified atom stereocenters. The van der Waals surface area contributed by atoms with Gasteiger partial charge in [0.15, 0.2) is 0 Å².